The van der Waals surface area contributed by atoms with Crippen LogP contribution in [0.1, 0.15) is 71.1 Å². The molecule has 0 bridgehead atoms. The number of carbonyl (C=O) groups excluding carboxylic acids is 1. The van der Waals surface area contributed by atoms with Crippen molar-refractivity contribution in [3.8, 4) is 5.75 Å². The Kier molecular flexibility index (Phi) is 9.92. The number of ether oxygens (including phenoxy) is 1. The number of hydrogen-bond acceptors (Lipinski definition) is 3. The van der Waals surface area contributed by atoms with Crippen molar-refractivity contribution < 1.29 is 9.53 Å². The van der Waals surface area contributed by atoms with Crippen LogP contribution in [0.15, 0.2) is 18.2 Å². The van der Waals surface area contributed by atoms with Gasteiger partial charge in [0.1, 0.15) is 5.75 Å². The third kappa shape index (κ3) is 8.48. The lowest BCUT2D eigenvalue weighted by Crippen LogP contribution is -2.12. The van der Waals surface area contributed by atoms with E-state index in [4.69, 9.17) is 10.5 Å². The number of carbonyl (C=O) groups is 1. The van der Waals surface area contributed by atoms with E-state index >= 15 is 0 Å². The van der Waals surface area contributed by atoms with Crippen LogP contribution in [0.2, 0.25) is 0 Å². The summed E-state index contributed by atoms with van der Waals surface area (Å²) in [5.41, 5.74) is 7.09. The number of benzene rings is 1. The molecule has 0 unspecified atom stereocenters. The Bertz CT molecular complexity index is 461. The second-order valence-corrected chi connectivity index (χ2v) is 6.08. The van der Waals surface area contributed by atoms with Gasteiger partial charge in [-0.3, -0.25) is 4.79 Å². The SMILES string of the molecule is CCCCCCCCCCCC(=O)Nc1ccc(OC)cc1N. The molecule has 0 aliphatic rings. The van der Waals surface area contributed by atoms with Crippen molar-refractivity contribution in [2.45, 2.75) is 71.1 Å². The minimum atomic E-state index is 0.0322. The average Bonchev–Trinajstić information content (AvgIpc) is 2.55. The summed E-state index contributed by atoms with van der Waals surface area (Å²) in [5, 5.41) is 2.87. The Morgan fingerprint density at radius 2 is 1.65 bits per heavy atom. The van der Waals surface area contributed by atoms with Crippen molar-refractivity contribution in [3.05, 3.63) is 18.2 Å². The van der Waals surface area contributed by atoms with Crippen LogP contribution in [0, 0.1) is 0 Å². The molecule has 4 nitrogen and oxygen atoms in total. The smallest absolute Gasteiger partial charge is 0.224 e. The van der Waals surface area contributed by atoms with Crippen molar-refractivity contribution in [1.29, 1.82) is 0 Å². The normalized spacial score (nSPS) is 10.5. The van der Waals surface area contributed by atoms with Gasteiger partial charge in [-0.1, -0.05) is 58.3 Å². The zero-order valence-electron chi connectivity index (χ0n) is 14.7. The zero-order valence-corrected chi connectivity index (χ0v) is 14.7. The number of rotatable bonds is 12. The first-order valence-corrected chi connectivity index (χ1v) is 8.90. The first-order valence-electron chi connectivity index (χ1n) is 8.90. The number of nitrogen functional groups attached to an aromatic ring is 1. The molecular weight excluding hydrogens is 288 g/mol. The lowest BCUT2D eigenvalue weighted by molar-refractivity contribution is -0.116. The number of hydrogen-bond donors (Lipinski definition) is 2. The quantitative estimate of drug-likeness (QED) is 0.414. The lowest BCUT2D eigenvalue weighted by atomic mass is 10.1. The van der Waals surface area contributed by atoms with E-state index in [1.165, 1.54) is 44.9 Å². The molecule has 0 aliphatic heterocycles. The van der Waals surface area contributed by atoms with Gasteiger partial charge in [0.25, 0.3) is 0 Å². The highest BCUT2D eigenvalue weighted by Gasteiger charge is 2.06. The van der Waals surface area contributed by atoms with Gasteiger partial charge >= 0.3 is 0 Å². The van der Waals surface area contributed by atoms with E-state index in [0.29, 0.717) is 23.5 Å². The van der Waals surface area contributed by atoms with Crippen molar-refractivity contribution in [1.82, 2.24) is 0 Å². The Morgan fingerprint density at radius 3 is 2.22 bits per heavy atom. The Balaban J connectivity index is 2.11. The molecule has 0 saturated heterocycles. The molecule has 3 N–H and O–H groups in total. The molecule has 0 aromatic heterocycles. The van der Waals surface area contributed by atoms with Crippen LogP contribution in [0.3, 0.4) is 0 Å². The summed E-state index contributed by atoms with van der Waals surface area (Å²) >= 11 is 0. The maximum Gasteiger partial charge on any atom is 0.224 e. The molecule has 0 saturated carbocycles. The minimum absolute atomic E-state index is 0.0322. The highest BCUT2D eigenvalue weighted by atomic mass is 16.5. The van der Waals surface area contributed by atoms with E-state index in [0.717, 1.165) is 12.8 Å². The lowest BCUT2D eigenvalue weighted by Gasteiger charge is -2.09. The maximum atomic E-state index is 11.9. The van der Waals surface area contributed by atoms with Gasteiger partial charge in [0.05, 0.1) is 18.5 Å². The Morgan fingerprint density at radius 1 is 1.04 bits per heavy atom. The molecule has 1 aromatic carbocycles. The summed E-state index contributed by atoms with van der Waals surface area (Å²) < 4.78 is 5.10. The van der Waals surface area contributed by atoms with Crippen LogP contribution in [-0.2, 0) is 4.79 Å². The number of nitrogens with two attached hydrogens (primary N) is 1. The van der Waals surface area contributed by atoms with Gasteiger partial charge in [0.2, 0.25) is 5.91 Å². The monoisotopic (exact) mass is 320 g/mol. The number of unbranched alkanes of at least 4 members (excludes halogenated alkanes) is 8. The van der Waals surface area contributed by atoms with Gasteiger partial charge in [-0.15, -0.1) is 0 Å². The maximum absolute atomic E-state index is 11.9. The van der Waals surface area contributed by atoms with E-state index in [2.05, 4.69) is 12.2 Å². The first kappa shape index (κ1) is 19.3. The third-order valence-electron chi connectivity index (χ3n) is 4.04. The van der Waals surface area contributed by atoms with Crippen molar-refractivity contribution in [2.24, 2.45) is 0 Å². The standard InChI is InChI=1S/C19H32N2O2/c1-3-4-5-6-7-8-9-10-11-12-19(22)21-18-14-13-16(23-2)15-17(18)20/h13-15H,3-12,20H2,1-2H3,(H,21,22). The van der Waals surface area contributed by atoms with Crippen molar-refractivity contribution in [2.75, 3.05) is 18.2 Å². The first-order chi connectivity index (χ1) is 11.2. The molecule has 0 spiro atoms. The Hall–Kier alpha value is -1.71. The molecule has 130 valence electrons. The van der Waals surface area contributed by atoms with Gasteiger partial charge in [0, 0.05) is 12.5 Å². The molecule has 0 atom stereocenters. The average molecular weight is 320 g/mol. The molecule has 0 radical (unpaired) electrons. The van der Waals surface area contributed by atoms with Gasteiger partial charge in [-0.25, -0.2) is 0 Å². The van der Waals surface area contributed by atoms with E-state index in [9.17, 15) is 4.79 Å². The molecule has 1 amide bonds. The van der Waals surface area contributed by atoms with E-state index in [1.54, 1.807) is 25.3 Å². The molecule has 0 aliphatic carbocycles. The predicted molar refractivity (Wildman–Crippen MR) is 97.9 cm³/mol. The van der Waals surface area contributed by atoms with Crippen LogP contribution in [0.25, 0.3) is 0 Å². The predicted octanol–water partition coefficient (Wildman–Crippen LogP) is 5.14. The fourth-order valence-corrected chi connectivity index (χ4v) is 2.59. The largest absolute Gasteiger partial charge is 0.497 e. The summed E-state index contributed by atoms with van der Waals surface area (Å²) in [7, 11) is 1.59. The molecular formula is C19H32N2O2. The molecule has 0 heterocycles. The van der Waals surface area contributed by atoms with Crippen LogP contribution in [0.4, 0.5) is 11.4 Å². The molecule has 1 aromatic rings. The van der Waals surface area contributed by atoms with Crippen LogP contribution < -0.4 is 15.8 Å². The fourth-order valence-electron chi connectivity index (χ4n) is 2.59. The number of methoxy groups -OCH3 is 1. The topological polar surface area (TPSA) is 64.3 Å². The highest BCUT2D eigenvalue weighted by molar-refractivity contribution is 5.93. The van der Waals surface area contributed by atoms with E-state index < -0.39 is 0 Å². The van der Waals surface area contributed by atoms with Gasteiger partial charge < -0.3 is 15.8 Å². The number of nitrogens with one attached hydrogen (secondary N) is 1. The third-order valence-corrected chi connectivity index (χ3v) is 4.04. The summed E-state index contributed by atoms with van der Waals surface area (Å²) in [6.07, 6.45) is 11.8. The van der Waals surface area contributed by atoms with Crippen LogP contribution in [0.5, 0.6) is 5.75 Å². The fraction of sp³-hybridized carbons (Fsp3) is 0.632. The molecule has 4 heteroatoms. The van der Waals surface area contributed by atoms with E-state index in [-0.39, 0.29) is 5.91 Å². The summed E-state index contributed by atoms with van der Waals surface area (Å²) in [5.74, 6) is 0.726. The Labute approximate surface area is 140 Å². The molecule has 0 fully saturated rings. The second kappa shape index (κ2) is 11.8. The summed E-state index contributed by atoms with van der Waals surface area (Å²) in [6, 6.07) is 5.29. The highest BCUT2D eigenvalue weighted by Crippen LogP contribution is 2.24. The van der Waals surface area contributed by atoms with Gasteiger partial charge in [-0.2, -0.15) is 0 Å². The number of amides is 1. The van der Waals surface area contributed by atoms with Gasteiger partial charge in [0.15, 0.2) is 0 Å². The summed E-state index contributed by atoms with van der Waals surface area (Å²) in [4.78, 5) is 11.9. The van der Waals surface area contributed by atoms with E-state index in [1.807, 2.05) is 0 Å². The van der Waals surface area contributed by atoms with Crippen molar-refractivity contribution >= 4 is 17.3 Å². The summed E-state index contributed by atoms with van der Waals surface area (Å²) in [6.45, 7) is 2.24. The minimum Gasteiger partial charge on any atom is -0.497 e. The molecule has 1 rings (SSSR count). The number of anilines is 2. The zero-order chi connectivity index (χ0) is 16.9. The van der Waals surface area contributed by atoms with Gasteiger partial charge in [-0.05, 0) is 18.6 Å². The molecule has 23 heavy (non-hydrogen) atoms. The second-order valence-electron chi connectivity index (χ2n) is 6.08. The van der Waals surface area contributed by atoms with Crippen LogP contribution in [-0.4, -0.2) is 13.0 Å². The van der Waals surface area contributed by atoms with Crippen LogP contribution >= 0.6 is 0 Å². The van der Waals surface area contributed by atoms with Crippen molar-refractivity contribution in [3.63, 3.8) is 0 Å².